The molecule has 1 fully saturated rings. The van der Waals surface area contributed by atoms with E-state index in [0.29, 0.717) is 17.4 Å². The molecule has 3 unspecified atom stereocenters. The van der Waals surface area contributed by atoms with Gasteiger partial charge in [0.05, 0.1) is 13.2 Å². The van der Waals surface area contributed by atoms with Crippen LogP contribution in [0, 0.1) is 5.92 Å². The van der Waals surface area contributed by atoms with Crippen molar-refractivity contribution < 1.29 is 32.7 Å². The lowest BCUT2D eigenvalue weighted by molar-refractivity contribution is -0.155. The van der Waals surface area contributed by atoms with Crippen LogP contribution in [0.3, 0.4) is 0 Å². The molecule has 2 heterocycles. The molecule has 4 N–H and O–H groups in total. The SMILES string of the molecule is C=C1N=C(N)C=CN1[C@H]1CC(OC(=O)C(N)C(C)C)[C@H](COP(=O)(OCCSC(C)=O)N(C)C)O1. The first-order valence-electron chi connectivity index (χ1n) is 11.2. The molecule has 0 aromatic heterocycles. The van der Waals surface area contributed by atoms with Gasteiger partial charge in [0.2, 0.25) is 0 Å². The molecule has 12 nitrogen and oxygen atoms in total. The van der Waals surface area contributed by atoms with Crippen molar-refractivity contribution in [2.24, 2.45) is 22.4 Å². The van der Waals surface area contributed by atoms with Crippen LogP contribution in [0.1, 0.15) is 27.2 Å². The molecule has 0 aliphatic carbocycles. The van der Waals surface area contributed by atoms with Crippen LogP contribution in [0.4, 0.5) is 0 Å². The van der Waals surface area contributed by atoms with E-state index < -0.39 is 38.2 Å². The van der Waals surface area contributed by atoms with Gasteiger partial charge < -0.3 is 25.8 Å². The van der Waals surface area contributed by atoms with Gasteiger partial charge in [-0.1, -0.05) is 32.2 Å². The maximum atomic E-state index is 13.2. The Bertz CT molecular complexity index is 897. The summed E-state index contributed by atoms with van der Waals surface area (Å²) in [7, 11) is -0.578. The van der Waals surface area contributed by atoms with Crippen LogP contribution in [0.15, 0.2) is 29.7 Å². The molecule has 5 atom stereocenters. The Hall–Kier alpha value is -1.73. The molecule has 0 radical (unpaired) electrons. The lowest BCUT2D eigenvalue weighted by atomic mass is 10.1. The van der Waals surface area contributed by atoms with Crippen molar-refractivity contribution in [3.8, 4) is 0 Å². The van der Waals surface area contributed by atoms with Gasteiger partial charge in [-0.15, -0.1) is 0 Å². The lowest BCUT2D eigenvalue weighted by Crippen LogP contribution is -2.41. The number of esters is 1. The Labute approximate surface area is 210 Å². The first-order chi connectivity index (χ1) is 16.3. The molecule has 0 aromatic carbocycles. The van der Waals surface area contributed by atoms with E-state index in [1.54, 1.807) is 31.3 Å². The van der Waals surface area contributed by atoms with Crippen LogP contribution in [0.2, 0.25) is 0 Å². The quantitative estimate of drug-likeness (QED) is 0.212. The molecular weight excluding hydrogens is 497 g/mol. The maximum Gasteiger partial charge on any atom is 0.407 e. The average molecular weight is 534 g/mol. The highest BCUT2D eigenvalue weighted by atomic mass is 32.2. The highest BCUT2D eigenvalue weighted by molar-refractivity contribution is 8.13. The van der Waals surface area contributed by atoms with E-state index in [2.05, 4.69) is 11.6 Å². The fourth-order valence-electron chi connectivity index (χ4n) is 3.17. The first kappa shape index (κ1) is 29.5. The molecule has 2 rings (SSSR count). The van der Waals surface area contributed by atoms with Crippen LogP contribution >= 0.6 is 19.5 Å². The van der Waals surface area contributed by atoms with E-state index in [1.807, 2.05) is 13.8 Å². The van der Waals surface area contributed by atoms with Crippen molar-refractivity contribution in [1.29, 1.82) is 0 Å². The summed E-state index contributed by atoms with van der Waals surface area (Å²) in [5, 5.41) is -0.0664. The van der Waals surface area contributed by atoms with Crippen LogP contribution in [-0.2, 0) is 32.7 Å². The number of nitrogens with zero attached hydrogens (tertiary/aromatic N) is 3. The second-order valence-electron chi connectivity index (χ2n) is 8.57. The van der Waals surface area contributed by atoms with Gasteiger partial charge in [0.25, 0.3) is 0 Å². The number of hydrogen-bond acceptors (Lipinski definition) is 12. The summed E-state index contributed by atoms with van der Waals surface area (Å²) in [5.74, 6) is 0.321. The van der Waals surface area contributed by atoms with Crippen LogP contribution in [0.25, 0.3) is 0 Å². The summed E-state index contributed by atoms with van der Waals surface area (Å²) in [6, 6.07) is -0.806. The standard InChI is InChI=1S/C21H36N5O7PS/c1-13(2)20(23)21(28)33-16-11-19(26-8-7-18(22)24-14(26)3)32-17(16)12-31-34(29,25(5)6)30-9-10-35-15(4)27/h7-8,13,16-17,19-20H,3,9-12,23H2,1-2,4-6H3,(H2,22,24)/t16?,17-,19+,20?,34?/m0/s1. The van der Waals surface area contributed by atoms with E-state index in [1.165, 1.54) is 11.6 Å². The van der Waals surface area contributed by atoms with Crippen LogP contribution in [0.5, 0.6) is 0 Å². The first-order valence-corrected chi connectivity index (χ1v) is 13.6. The third-order valence-corrected chi connectivity index (χ3v) is 7.99. The molecule has 0 bridgehead atoms. The Morgan fingerprint density at radius 3 is 2.66 bits per heavy atom. The highest BCUT2D eigenvalue weighted by Gasteiger charge is 2.43. The molecule has 0 spiro atoms. The van der Waals surface area contributed by atoms with Crippen LogP contribution in [-0.4, -0.2) is 84.0 Å². The normalized spacial score (nSPS) is 25.0. The van der Waals surface area contributed by atoms with Crippen molar-refractivity contribution in [2.45, 2.75) is 51.7 Å². The molecule has 0 aromatic rings. The smallest absolute Gasteiger partial charge is 0.407 e. The molecule has 2 aliphatic rings. The van der Waals surface area contributed by atoms with Gasteiger partial charge in [-0.25, -0.2) is 14.2 Å². The maximum absolute atomic E-state index is 13.2. The van der Waals surface area contributed by atoms with Crippen molar-refractivity contribution in [3.05, 3.63) is 24.7 Å². The van der Waals surface area contributed by atoms with Gasteiger partial charge in [0.1, 0.15) is 36.1 Å². The minimum atomic E-state index is -3.69. The molecule has 198 valence electrons. The monoisotopic (exact) mass is 533 g/mol. The van der Waals surface area contributed by atoms with Gasteiger partial charge in [-0.3, -0.25) is 18.6 Å². The minimum Gasteiger partial charge on any atom is -0.458 e. The zero-order chi connectivity index (χ0) is 26.3. The number of nitrogens with two attached hydrogens (primary N) is 2. The molecule has 2 aliphatic heterocycles. The topological polar surface area (TPSA) is 159 Å². The number of hydrogen-bond donors (Lipinski definition) is 2. The van der Waals surface area contributed by atoms with Gasteiger partial charge in [0.15, 0.2) is 5.12 Å². The number of carbonyl (C=O) groups excluding carboxylic acids is 2. The minimum absolute atomic E-state index is 0.0489. The van der Waals surface area contributed by atoms with Gasteiger partial charge in [-0.05, 0) is 26.1 Å². The number of rotatable bonds is 12. The summed E-state index contributed by atoms with van der Waals surface area (Å²) in [4.78, 5) is 29.5. The summed E-state index contributed by atoms with van der Waals surface area (Å²) in [6.07, 6.45) is 1.47. The Morgan fingerprint density at radius 2 is 2.09 bits per heavy atom. The Balaban J connectivity index is 2.12. The van der Waals surface area contributed by atoms with E-state index in [9.17, 15) is 14.2 Å². The number of amidine groups is 1. The van der Waals surface area contributed by atoms with E-state index in [-0.39, 0.29) is 30.7 Å². The number of thioether (sulfide) groups is 1. The zero-order valence-corrected chi connectivity index (χ0v) is 22.5. The molecule has 0 saturated carbocycles. The number of ether oxygens (including phenoxy) is 2. The van der Waals surface area contributed by atoms with Crippen molar-refractivity contribution >= 4 is 36.4 Å². The van der Waals surface area contributed by atoms with E-state index >= 15 is 0 Å². The Morgan fingerprint density at radius 1 is 1.40 bits per heavy atom. The average Bonchev–Trinajstić information content (AvgIpc) is 3.16. The predicted octanol–water partition coefficient (Wildman–Crippen LogP) is 1.64. The van der Waals surface area contributed by atoms with E-state index in [4.69, 9.17) is 30.0 Å². The van der Waals surface area contributed by atoms with Gasteiger partial charge in [0, 0.05) is 25.3 Å². The fourth-order valence-corrected chi connectivity index (χ4v) is 4.94. The summed E-state index contributed by atoms with van der Waals surface area (Å²) >= 11 is 1.06. The fraction of sp³-hybridized carbons (Fsp3) is 0.667. The van der Waals surface area contributed by atoms with E-state index in [0.717, 1.165) is 11.8 Å². The summed E-state index contributed by atoms with van der Waals surface area (Å²) in [5.41, 5.74) is 11.7. The van der Waals surface area contributed by atoms with Gasteiger partial charge in [-0.2, -0.15) is 0 Å². The number of carbonyl (C=O) groups is 2. The summed E-state index contributed by atoms with van der Waals surface area (Å²) < 4.78 is 37.6. The third kappa shape index (κ3) is 8.42. The van der Waals surface area contributed by atoms with Crippen molar-refractivity contribution in [2.75, 3.05) is 33.1 Å². The summed E-state index contributed by atoms with van der Waals surface area (Å²) in [6.45, 7) is 8.83. The Kier molecular flexibility index (Phi) is 11.0. The van der Waals surface area contributed by atoms with Crippen molar-refractivity contribution in [3.63, 3.8) is 0 Å². The van der Waals surface area contributed by atoms with Crippen molar-refractivity contribution in [1.82, 2.24) is 9.57 Å². The molecule has 14 heteroatoms. The van der Waals surface area contributed by atoms with Gasteiger partial charge >= 0.3 is 13.7 Å². The molecule has 35 heavy (non-hydrogen) atoms. The third-order valence-electron chi connectivity index (χ3n) is 5.25. The lowest BCUT2D eigenvalue weighted by Gasteiger charge is -2.29. The second kappa shape index (κ2) is 13.0. The largest absolute Gasteiger partial charge is 0.458 e. The number of aliphatic imine (C=N–C) groups is 1. The highest BCUT2D eigenvalue weighted by Crippen LogP contribution is 2.50. The van der Waals surface area contributed by atoms with Crippen LogP contribution < -0.4 is 11.5 Å². The predicted molar refractivity (Wildman–Crippen MR) is 134 cm³/mol. The molecule has 0 amide bonds. The molecule has 1 saturated heterocycles. The molecular formula is C21H36N5O7PS. The zero-order valence-electron chi connectivity index (χ0n) is 20.8. The second-order valence-corrected chi connectivity index (χ2v) is 12.1.